The molecule has 86 valence electrons. The third-order valence-corrected chi connectivity index (χ3v) is 2.94. The van der Waals surface area contributed by atoms with Crippen LogP contribution in [0.1, 0.15) is 12.0 Å². The molecule has 0 saturated carbocycles. The largest absolute Gasteiger partial charge is 0.469 e. The molecule has 0 aromatic carbocycles. The summed E-state index contributed by atoms with van der Waals surface area (Å²) >= 11 is 0. The average Bonchev–Trinajstić information content (AvgIpc) is 2.78. The van der Waals surface area contributed by atoms with Gasteiger partial charge in [0.05, 0.1) is 13.0 Å². The van der Waals surface area contributed by atoms with Crippen LogP contribution in [0.3, 0.4) is 0 Å². The van der Waals surface area contributed by atoms with E-state index in [4.69, 9.17) is 4.74 Å². The number of nitrogens with zero attached hydrogens (tertiary/aromatic N) is 2. The normalized spacial score (nSPS) is 20.9. The van der Waals surface area contributed by atoms with Crippen LogP contribution in [0.2, 0.25) is 0 Å². The van der Waals surface area contributed by atoms with Gasteiger partial charge < -0.3 is 4.74 Å². The Morgan fingerprint density at radius 2 is 2.56 bits per heavy atom. The number of pyridine rings is 1. The highest BCUT2D eigenvalue weighted by Gasteiger charge is 2.28. The molecule has 1 atom stereocenters. The van der Waals surface area contributed by atoms with Crippen molar-refractivity contribution in [2.75, 3.05) is 20.2 Å². The van der Waals surface area contributed by atoms with Crippen molar-refractivity contribution >= 4 is 5.97 Å². The van der Waals surface area contributed by atoms with E-state index in [9.17, 15) is 4.79 Å². The van der Waals surface area contributed by atoms with Crippen LogP contribution in [0.5, 0.6) is 0 Å². The lowest BCUT2D eigenvalue weighted by Crippen LogP contribution is -2.23. The van der Waals surface area contributed by atoms with Gasteiger partial charge in [0, 0.05) is 25.5 Å². The van der Waals surface area contributed by atoms with Gasteiger partial charge in [0.1, 0.15) is 0 Å². The predicted octanol–water partition coefficient (Wildman–Crippen LogP) is 1.08. The molecule has 2 heterocycles. The zero-order valence-electron chi connectivity index (χ0n) is 9.43. The van der Waals surface area contributed by atoms with Crippen LogP contribution in [0.15, 0.2) is 24.5 Å². The Morgan fingerprint density at radius 3 is 3.25 bits per heavy atom. The minimum absolute atomic E-state index is 0.0432. The molecule has 0 spiro atoms. The standard InChI is InChI=1S/C12H16N2O2/c1-16-12(15)11-4-6-14(9-11)8-10-3-2-5-13-7-10/h2-3,5,7,11H,4,6,8-9H2,1H3/t11-/m0/s1. The molecular weight excluding hydrogens is 204 g/mol. The molecular formula is C12H16N2O2. The number of rotatable bonds is 3. The first-order valence-electron chi connectivity index (χ1n) is 5.48. The third kappa shape index (κ3) is 2.58. The van der Waals surface area contributed by atoms with Crippen LogP contribution >= 0.6 is 0 Å². The van der Waals surface area contributed by atoms with Crippen LogP contribution < -0.4 is 0 Å². The maximum atomic E-state index is 11.4. The Hall–Kier alpha value is -1.42. The second kappa shape index (κ2) is 5.07. The first-order chi connectivity index (χ1) is 7.79. The van der Waals surface area contributed by atoms with Gasteiger partial charge in [-0.25, -0.2) is 0 Å². The first kappa shape index (κ1) is 11.1. The lowest BCUT2D eigenvalue weighted by molar-refractivity contribution is -0.144. The summed E-state index contributed by atoms with van der Waals surface area (Å²) in [6, 6.07) is 3.99. The van der Waals surface area contributed by atoms with Crippen molar-refractivity contribution in [2.45, 2.75) is 13.0 Å². The Balaban J connectivity index is 1.88. The summed E-state index contributed by atoms with van der Waals surface area (Å²) in [7, 11) is 1.45. The fraction of sp³-hybridized carbons (Fsp3) is 0.500. The molecule has 16 heavy (non-hydrogen) atoms. The molecule has 1 aliphatic heterocycles. The molecule has 4 heteroatoms. The molecule has 1 aromatic heterocycles. The lowest BCUT2D eigenvalue weighted by Gasteiger charge is -2.14. The molecule has 4 nitrogen and oxygen atoms in total. The quantitative estimate of drug-likeness (QED) is 0.715. The van der Waals surface area contributed by atoms with E-state index in [1.165, 1.54) is 12.7 Å². The zero-order chi connectivity index (χ0) is 11.4. The molecule has 2 rings (SSSR count). The van der Waals surface area contributed by atoms with Crippen LogP contribution in [0.25, 0.3) is 0 Å². The van der Waals surface area contributed by atoms with Crippen molar-refractivity contribution < 1.29 is 9.53 Å². The van der Waals surface area contributed by atoms with Gasteiger partial charge in [0.25, 0.3) is 0 Å². The van der Waals surface area contributed by atoms with E-state index in [0.717, 1.165) is 26.1 Å². The molecule has 0 bridgehead atoms. The smallest absolute Gasteiger partial charge is 0.310 e. The summed E-state index contributed by atoms with van der Waals surface area (Å²) < 4.78 is 4.75. The van der Waals surface area contributed by atoms with E-state index < -0.39 is 0 Å². The van der Waals surface area contributed by atoms with Crippen molar-refractivity contribution in [3.05, 3.63) is 30.1 Å². The highest BCUT2D eigenvalue weighted by Crippen LogP contribution is 2.19. The molecule has 0 unspecified atom stereocenters. The maximum Gasteiger partial charge on any atom is 0.310 e. The SMILES string of the molecule is COC(=O)[C@H]1CCN(Cc2cccnc2)C1. The lowest BCUT2D eigenvalue weighted by atomic mass is 10.1. The second-order valence-corrected chi connectivity index (χ2v) is 4.11. The zero-order valence-corrected chi connectivity index (χ0v) is 9.43. The van der Waals surface area contributed by atoms with Gasteiger partial charge in [-0.15, -0.1) is 0 Å². The Bertz CT molecular complexity index is 353. The number of carbonyl (C=O) groups is 1. The summed E-state index contributed by atoms with van der Waals surface area (Å²) in [5.74, 6) is -0.0460. The Morgan fingerprint density at radius 1 is 1.69 bits per heavy atom. The van der Waals surface area contributed by atoms with Gasteiger partial charge in [0.15, 0.2) is 0 Å². The maximum absolute atomic E-state index is 11.4. The van der Waals surface area contributed by atoms with E-state index in [2.05, 4.69) is 16.0 Å². The van der Waals surface area contributed by atoms with Crippen molar-refractivity contribution in [1.29, 1.82) is 0 Å². The highest BCUT2D eigenvalue weighted by molar-refractivity contribution is 5.72. The molecule has 0 amide bonds. The second-order valence-electron chi connectivity index (χ2n) is 4.11. The summed E-state index contributed by atoms with van der Waals surface area (Å²) in [6.07, 6.45) is 4.53. The van der Waals surface area contributed by atoms with Crippen molar-refractivity contribution in [3.63, 3.8) is 0 Å². The fourth-order valence-electron chi connectivity index (χ4n) is 2.09. The van der Waals surface area contributed by atoms with Crippen molar-refractivity contribution in [3.8, 4) is 0 Å². The Kier molecular flexibility index (Phi) is 3.51. The molecule has 1 aromatic rings. The number of methoxy groups -OCH3 is 1. The highest BCUT2D eigenvalue weighted by atomic mass is 16.5. The molecule has 1 saturated heterocycles. The number of carbonyl (C=O) groups excluding carboxylic acids is 1. The fourth-order valence-corrected chi connectivity index (χ4v) is 2.09. The molecule has 1 fully saturated rings. The molecule has 1 aliphatic rings. The topological polar surface area (TPSA) is 42.4 Å². The van der Waals surface area contributed by atoms with E-state index in [1.807, 2.05) is 12.3 Å². The summed E-state index contributed by atoms with van der Waals surface area (Å²) in [5, 5.41) is 0. The number of ether oxygens (including phenoxy) is 1. The molecule has 0 aliphatic carbocycles. The van der Waals surface area contributed by atoms with Crippen LogP contribution in [-0.4, -0.2) is 36.1 Å². The third-order valence-electron chi connectivity index (χ3n) is 2.94. The number of hydrogen-bond donors (Lipinski definition) is 0. The van der Waals surface area contributed by atoms with E-state index in [1.54, 1.807) is 6.20 Å². The Labute approximate surface area is 95.2 Å². The minimum Gasteiger partial charge on any atom is -0.469 e. The summed E-state index contributed by atoms with van der Waals surface area (Å²) in [4.78, 5) is 17.7. The summed E-state index contributed by atoms with van der Waals surface area (Å²) in [6.45, 7) is 2.61. The summed E-state index contributed by atoms with van der Waals surface area (Å²) in [5.41, 5.74) is 1.19. The number of likely N-dealkylation sites (tertiary alicyclic amines) is 1. The van der Waals surface area contributed by atoms with Gasteiger partial charge in [0.2, 0.25) is 0 Å². The predicted molar refractivity (Wildman–Crippen MR) is 59.6 cm³/mol. The van der Waals surface area contributed by atoms with Gasteiger partial charge in [-0.1, -0.05) is 6.07 Å². The van der Waals surface area contributed by atoms with E-state index in [0.29, 0.717) is 0 Å². The van der Waals surface area contributed by atoms with Gasteiger partial charge in [-0.05, 0) is 24.6 Å². The van der Waals surface area contributed by atoms with Gasteiger partial charge >= 0.3 is 5.97 Å². The number of esters is 1. The molecule has 0 radical (unpaired) electrons. The number of aromatic nitrogens is 1. The van der Waals surface area contributed by atoms with Crippen molar-refractivity contribution in [1.82, 2.24) is 9.88 Å². The van der Waals surface area contributed by atoms with Gasteiger partial charge in [-0.3, -0.25) is 14.7 Å². The van der Waals surface area contributed by atoms with Crippen LogP contribution in [0, 0.1) is 5.92 Å². The monoisotopic (exact) mass is 220 g/mol. The minimum atomic E-state index is -0.0892. The van der Waals surface area contributed by atoms with Crippen molar-refractivity contribution in [2.24, 2.45) is 5.92 Å². The average molecular weight is 220 g/mol. The number of hydrogen-bond acceptors (Lipinski definition) is 4. The van der Waals surface area contributed by atoms with Gasteiger partial charge in [-0.2, -0.15) is 0 Å². The first-order valence-corrected chi connectivity index (χ1v) is 5.48. The van der Waals surface area contributed by atoms with E-state index >= 15 is 0 Å². The van der Waals surface area contributed by atoms with Crippen LogP contribution in [-0.2, 0) is 16.1 Å². The van der Waals surface area contributed by atoms with Crippen LogP contribution in [0.4, 0.5) is 0 Å². The van der Waals surface area contributed by atoms with E-state index in [-0.39, 0.29) is 11.9 Å². The molecule has 0 N–H and O–H groups in total.